The first kappa shape index (κ1) is 27.6. The minimum Gasteiger partial charge on any atom is -0.462 e. The van der Waals surface area contributed by atoms with E-state index in [0.29, 0.717) is 37.0 Å². The van der Waals surface area contributed by atoms with Gasteiger partial charge < -0.3 is 14.9 Å². The zero-order valence-corrected chi connectivity index (χ0v) is 23.1. The van der Waals surface area contributed by atoms with Crippen molar-refractivity contribution in [3.63, 3.8) is 0 Å². The zero-order valence-electron chi connectivity index (χ0n) is 23.1. The van der Waals surface area contributed by atoms with Gasteiger partial charge in [-0.25, -0.2) is 4.79 Å². The molecule has 1 amide bonds. The van der Waals surface area contributed by atoms with Gasteiger partial charge in [0.05, 0.1) is 13.2 Å². The number of nitrogens with one attached hydrogen (secondary N) is 1. The first-order chi connectivity index (χ1) is 17.3. The summed E-state index contributed by atoms with van der Waals surface area (Å²) in [4.78, 5) is 40.4. The highest BCUT2D eigenvalue weighted by Crippen LogP contribution is 2.66. The summed E-state index contributed by atoms with van der Waals surface area (Å²) in [6.07, 6.45) is 12.4. The fraction of sp³-hybridized carbons (Fsp3) is 0.793. The molecule has 206 valence electrons. The summed E-state index contributed by atoms with van der Waals surface area (Å²) in [6.45, 7) is 11.2. The van der Waals surface area contributed by atoms with E-state index in [1.807, 2.05) is 0 Å². The lowest BCUT2D eigenvalue weighted by molar-refractivity contribution is -0.757. The largest absolute Gasteiger partial charge is 0.462 e. The van der Waals surface area contributed by atoms with Crippen molar-refractivity contribution in [2.75, 3.05) is 13.2 Å². The Balaban J connectivity index is 1.41. The van der Waals surface area contributed by atoms with Crippen molar-refractivity contribution in [2.24, 2.45) is 34.5 Å². The van der Waals surface area contributed by atoms with E-state index in [4.69, 9.17) is 4.74 Å². The molecule has 8 nitrogen and oxygen atoms in total. The molecule has 0 bridgehead atoms. The van der Waals surface area contributed by atoms with Gasteiger partial charge in [-0.05, 0) is 119 Å². The second-order valence-corrected chi connectivity index (χ2v) is 13.2. The van der Waals surface area contributed by atoms with E-state index in [1.54, 1.807) is 0 Å². The molecule has 0 aromatic rings. The molecule has 0 aromatic carbocycles. The van der Waals surface area contributed by atoms with Crippen LogP contribution in [-0.2, 0) is 19.2 Å². The zero-order chi connectivity index (χ0) is 27.0. The van der Waals surface area contributed by atoms with E-state index in [-0.39, 0.29) is 47.4 Å². The average Bonchev–Trinajstić information content (AvgIpc) is 3.16. The van der Waals surface area contributed by atoms with Gasteiger partial charge in [0.15, 0.2) is 0 Å². The molecule has 0 heterocycles. The molecule has 1 N–H and O–H groups in total. The lowest BCUT2D eigenvalue weighted by Gasteiger charge is -2.57. The summed E-state index contributed by atoms with van der Waals surface area (Å²) < 4.78 is 5.45. The molecule has 4 rings (SSSR count). The topological polar surface area (TPSA) is 108 Å². The normalized spacial score (nSPS) is 34.7. The Hall–Kier alpha value is -2.38. The van der Waals surface area contributed by atoms with Crippen molar-refractivity contribution < 1.29 is 24.3 Å². The van der Waals surface area contributed by atoms with E-state index in [9.17, 15) is 19.7 Å². The van der Waals surface area contributed by atoms with Crippen LogP contribution < -0.4 is 5.32 Å². The number of allylic oxidation sites excluding steroid dienone is 3. The highest BCUT2D eigenvalue weighted by atomic mass is 16.9. The van der Waals surface area contributed by atoms with Crippen molar-refractivity contribution >= 4 is 11.9 Å². The van der Waals surface area contributed by atoms with Gasteiger partial charge in [0.25, 0.3) is 5.09 Å². The maximum atomic E-state index is 13.2. The maximum absolute atomic E-state index is 13.2. The number of rotatable bonds is 8. The second-order valence-electron chi connectivity index (χ2n) is 13.2. The maximum Gasteiger partial charge on any atom is 0.334 e. The molecule has 0 aromatic heterocycles. The number of hydrogen-bond donors (Lipinski definition) is 1. The van der Waals surface area contributed by atoms with Crippen molar-refractivity contribution in [3.05, 3.63) is 33.4 Å². The van der Waals surface area contributed by atoms with Crippen LogP contribution in [0.4, 0.5) is 0 Å². The second kappa shape index (κ2) is 10.4. The van der Waals surface area contributed by atoms with Crippen molar-refractivity contribution in [1.82, 2.24) is 5.32 Å². The first-order valence-electron chi connectivity index (χ1n) is 14.0. The Labute approximate surface area is 220 Å². The summed E-state index contributed by atoms with van der Waals surface area (Å²) in [7, 11) is 0. The van der Waals surface area contributed by atoms with Gasteiger partial charge >= 0.3 is 5.97 Å². The van der Waals surface area contributed by atoms with Gasteiger partial charge in [0.2, 0.25) is 5.91 Å². The standard InChI is InChI=1S/C29H44N2O6/c1-27(2,3)30-25(32)24-11-10-22-21-9-8-20-18-19(26(33)36-16-6-7-17-37-31(34)35)12-14-28(20,4)23(21)13-15-29(22,24)5/h8,18,21-24H,6-7,9-17H2,1-5H3,(H,30,32)/t21-,22-,23-,24+,28-,29-/m0/s1. The molecule has 0 aliphatic heterocycles. The number of unbranched alkanes of at least 4 members (excludes halogenated alkanes) is 1. The molecule has 2 saturated carbocycles. The monoisotopic (exact) mass is 516 g/mol. The molecule has 37 heavy (non-hydrogen) atoms. The van der Waals surface area contributed by atoms with E-state index in [1.165, 1.54) is 5.57 Å². The van der Waals surface area contributed by atoms with Gasteiger partial charge in [-0.2, -0.15) is 0 Å². The Bertz CT molecular complexity index is 981. The van der Waals surface area contributed by atoms with Crippen LogP contribution in [-0.4, -0.2) is 35.7 Å². The van der Waals surface area contributed by atoms with Crippen molar-refractivity contribution in [3.8, 4) is 0 Å². The van der Waals surface area contributed by atoms with Gasteiger partial charge in [0.1, 0.15) is 0 Å². The van der Waals surface area contributed by atoms with E-state index in [0.717, 1.165) is 44.1 Å². The van der Waals surface area contributed by atoms with Crippen LogP contribution in [0.25, 0.3) is 0 Å². The molecule has 0 unspecified atom stereocenters. The summed E-state index contributed by atoms with van der Waals surface area (Å²) in [5, 5.41) is 12.6. The van der Waals surface area contributed by atoms with Gasteiger partial charge in [-0.3, -0.25) is 4.79 Å². The summed E-state index contributed by atoms with van der Waals surface area (Å²) in [5.41, 5.74) is 1.90. The minimum absolute atomic E-state index is 0.0170. The molecule has 0 spiro atoms. The summed E-state index contributed by atoms with van der Waals surface area (Å²) in [6, 6.07) is 0. The van der Waals surface area contributed by atoms with Crippen molar-refractivity contribution in [2.45, 2.75) is 97.9 Å². The molecule has 0 saturated heterocycles. The third-order valence-corrected chi connectivity index (χ3v) is 9.81. The quantitative estimate of drug-likeness (QED) is 0.196. The predicted octanol–water partition coefficient (Wildman–Crippen LogP) is 5.55. The van der Waals surface area contributed by atoms with Crippen LogP contribution in [0.15, 0.2) is 23.3 Å². The smallest absolute Gasteiger partial charge is 0.334 e. The fourth-order valence-corrected chi connectivity index (χ4v) is 7.97. The summed E-state index contributed by atoms with van der Waals surface area (Å²) >= 11 is 0. The molecule has 0 radical (unpaired) electrons. The molecule has 2 fully saturated rings. The molecular weight excluding hydrogens is 472 g/mol. The van der Waals surface area contributed by atoms with Crippen LogP contribution in [0.3, 0.4) is 0 Å². The van der Waals surface area contributed by atoms with Gasteiger partial charge in [0, 0.05) is 17.0 Å². The number of esters is 1. The van der Waals surface area contributed by atoms with Crippen LogP contribution in [0.1, 0.15) is 92.4 Å². The lowest BCUT2D eigenvalue weighted by atomic mass is 9.48. The minimum atomic E-state index is -0.806. The SMILES string of the molecule is CC(C)(C)NC(=O)[C@H]1CC[C@H]2[C@@H]3CC=C4C=C(C(=O)OCCCCO[N+](=O)[O-])CC[C@]4(C)[C@H]3CC[C@]12C. The molecule has 8 heteroatoms. The molecule has 4 aliphatic carbocycles. The number of ether oxygens (including phenoxy) is 1. The van der Waals surface area contributed by atoms with Gasteiger partial charge in [-0.15, -0.1) is 10.1 Å². The summed E-state index contributed by atoms with van der Waals surface area (Å²) in [5.74, 6) is 1.76. The fourth-order valence-electron chi connectivity index (χ4n) is 7.97. The van der Waals surface area contributed by atoms with E-state index < -0.39 is 5.09 Å². The number of fused-ring (bicyclic) bond motifs is 5. The average molecular weight is 517 g/mol. The number of carbonyl (C=O) groups is 2. The van der Waals surface area contributed by atoms with Crippen LogP contribution in [0.5, 0.6) is 0 Å². The Kier molecular flexibility index (Phi) is 7.78. The first-order valence-corrected chi connectivity index (χ1v) is 14.0. The van der Waals surface area contributed by atoms with Crippen LogP contribution in [0, 0.1) is 44.6 Å². The van der Waals surface area contributed by atoms with Crippen LogP contribution in [0.2, 0.25) is 0 Å². The predicted molar refractivity (Wildman–Crippen MR) is 140 cm³/mol. The Morgan fingerprint density at radius 1 is 1.11 bits per heavy atom. The van der Waals surface area contributed by atoms with Crippen LogP contribution >= 0.6 is 0 Å². The molecular formula is C29H44N2O6. The number of hydrogen-bond acceptors (Lipinski definition) is 6. The highest BCUT2D eigenvalue weighted by Gasteiger charge is 2.59. The number of amides is 1. The highest BCUT2D eigenvalue weighted by molar-refractivity contribution is 5.89. The third-order valence-electron chi connectivity index (χ3n) is 9.81. The van der Waals surface area contributed by atoms with E-state index in [2.05, 4.69) is 56.9 Å². The van der Waals surface area contributed by atoms with Crippen molar-refractivity contribution in [1.29, 1.82) is 0 Å². The number of carbonyl (C=O) groups excluding carboxylic acids is 2. The number of nitrogens with zero attached hydrogens (tertiary/aromatic N) is 1. The molecule has 4 aliphatic rings. The van der Waals surface area contributed by atoms with E-state index >= 15 is 0 Å². The Morgan fingerprint density at radius 3 is 2.54 bits per heavy atom. The van der Waals surface area contributed by atoms with Gasteiger partial charge in [-0.1, -0.05) is 19.9 Å². The molecule has 6 atom stereocenters. The lowest BCUT2D eigenvalue weighted by Crippen LogP contribution is -2.52. The Morgan fingerprint density at radius 2 is 1.84 bits per heavy atom. The third kappa shape index (κ3) is 5.58.